The first-order chi connectivity index (χ1) is 15.6. The Labute approximate surface area is 203 Å². The monoisotopic (exact) mass is 479 g/mol. The smallest absolute Gasteiger partial charge is 0.262 e. The highest BCUT2D eigenvalue weighted by Crippen LogP contribution is 2.46. The first kappa shape index (κ1) is 21.8. The maximum atomic E-state index is 6.21. The fourth-order valence-electron chi connectivity index (χ4n) is 4.45. The van der Waals surface area contributed by atoms with Crippen LogP contribution >= 0.6 is 34.7 Å². The number of thiazole rings is 1. The summed E-state index contributed by atoms with van der Waals surface area (Å²) < 4.78 is 3.93. The third-order valence-electron chi connectivity index (χ3n) is 6.19. The second-order valence-corrected chi connectivity index (χ2v) is 11.0. The minimum Gasteiger partial charge on any atom is -0.338 e. The quantitative estimate of drug-likeness (QED) is 0.261. The van der Waals surface area contributed by atoms with E-state index in [2.05, 4.69) is 72.0 Å². The number of thioether (sulfide) groups is 1. The summed E-state index contributed by atoms with van der Waals surface area (Å²) in [6.45, 7) is 3.38. The Hall–Kier alpha value is -2.01. The van der Waals surface area contributed by atoms with Gasteiger partial charge in [-0.2, -0.15) is 4.57 Å². The van der Waals surface area contributed by atoms with Gasteiger partial charge in [-0.15, -0.1) is 0 Å². The van der Waals surface area contributed by atoms with E-state index >= 15 is 0 Å². The zero-order valence-corrected chi connectivity index (χ0v) is 21.0. The first-order valence-corrected chi connectivity index (χ1v) is 13.4. The van der Waals surface area contributed by atoms with Gasteiger partial charge in [0, 0.05) is 35.0 Å². The average Bonchev–Trinajstić information content (AvgIpc) is 3.32. The van der Waals surface area contributed by atoms with Gasteiger partial charge < -0.3 is 4.90 Å². The number of unbranched alkanes of at least 4 members (excludes halogenated alkanes) is 1. The van der Waals surface area contributed by atoms with Crippen LogP contribution in [0.2, 0.25) is 5.02 Å². The number of anilines is 1. The van der Waals surface area contributed by atoms with Gasteiger partial charge in [0.15, 0.2) is 6.54 Å². The lowest BCUT2D eigenvalue weighted by Gasteiger charge is -2.13. The van der Waals surface area contributed by atoms with Crippen LogP contribution in [0.1, 0.15) is 43.2 Å². The molecule has 3 aromatic rings. The van der Waals surface area contributed by atoms with Crippen LogP contribution < -0.4 is 9.47 Å². The third-order valence-corrected chi connectivity index (χ3v) is 8.72. The molecule has 0 aliphatic carbocycles. The molecular formula is C27H28ClN2S2+. The molecule has 0 spiro atoms. The molecule has 5 rings (SSSR count). The molecule has 0 N–H and O–H groups in total. The molecule has 0 unspecified atom stereocenters. The summed E-state index contributed by atoms with van der Waals surface area (Å²) in [7, 11) is 2.12. The highest BCUT2D eigenvalue weighted by Gasteiger charge is 2.25. The first-order valence-electron chi connectivity index (χ1n) is 11.4. The molecule has 164 valence electrons. The molecule has 32 heavy (non-hydrogen) atoms. The lowest BCUT2D eigenvalue weighted by molar-refractivity contribution is -0.671. The number of hydrogen-bond donors (Lipinski definition) is 0. The summed E-state index contributed by atoms with van der Waals surface area (Å²) in [5, 5.41) is 3.38. The van der Waals surface area contributed by atoms with Crippen LogP contribution in [0.15, 0.2) is 70.1 Å². The third kappa shape index (κ3) is 4.28. The molecule has 0 amide bonds. The van der Waals surface area contributed by atoms with Crippen LogP contribution in [-0.2, 0) is 13.0 Å². The summed E-state index contributed by atoms with van der Waals surface area (Å²) in [6, 6.07) is 12.9. The SMILES string of the molecule is CCCCC(/C=C/c1sc2cccc3c2[n+]1CCC3)=C\C=C1/Sc2ccc(Cl)cc2N1C. The number of aromatic nitrogens is 1. The Balaban J connectivity index is 1.43. The molecule has 0 saturated heterocycles. The van der Waals surface area contributed by atoms with E-state index in [1.807, 2.05) is 35.2 Å². The van der Waals surface area contributed by atoms with Crippen LogP contribution in [0.4, 0.5) is 5.69 Å². The highest BCUT2D eigenvalue weighted by molar-refractivity contribution is 8.03. The van der Waals surface area contributed by atoms with E-state index in [9.17, 15) is 0 Å². The molecule has 2 aromatic carbocycles. The van der Waals surface area contributed by atoms with E-state index in [0.717, 1.165) is 18.0 Å². The predicted molar refractivity (Wildman–Crippen MR) is 141 cm³/mol. The number of para-hydroxylation sites is 1. The van der Waals surface area contributed by atoms with Crippen LogP contribution in [0.25, 0.3) is 16.3 Å². The van der Waals surface area contributed by atoms with Gasteiger partial charge in [0.2, 0.25) is 5.52 Å². The fourth-order valence-corrected chi connectivity index (χ4v) is 6.79. The largest absolute Gasteiger partial charge is 0.338 e. The van der Waals surface area contributed by atoms with Crippen molar-refractivity contribution >= 4 is 56.7 Å². The molecule has 3 heterocycles. The number of aryl methyl sites for hydroxylation is 2. The van der Waals surface area contributed by atoms with Crippen molar-refractivity contribution < 1.29 is 4.57 Å². The molecule has 1 aromatic heterocycles. The van der Waals surface area contributed by atoms with Gasteiger partial charge in [0.1, 0.15) is 4.70 Å². The molecule has 5 heteroatoms. The molecule has 0 fully saturated rings. The molecule has 0 bridgehead atoms. The Bertz CT molecular complexity index is 1250. The lowest BCUT2D eigenvalue weighted by Crippen LogP contribution is -2.38. The number of nitrogens with zero attached hydrogens (tertiary/aromatic N) is 2. The predicted octanol–water partition coefficient (Wildman–Crippen LogP) is 8.00. The number of hydrogen-bond acceptors (Lipinski definition) is 3. The van der Waals surface area contributed by atoms with E-state index in [1.165, 1.54) is 67.7 Å². The van der Waals surface area contributed by atoms with Crippen LogP contribution in [-0.4, -0.2) is 7.05 Å². The zero-order valence-electron chi connectivity index (χ0n) is 18.6. The Morgan fingerprint density at radius 2 is 2.16 bits per heavy atom. The van der Waals surface area contributed by atoms with Gasteiger partial charge >= 0.3 is 0 Å². The van der Waals surface area contributed by atoms with Gasteiger partial charge in [-0.25, -0.2) is 0 Å². The van der Waals surface area contributed by atoms with Gasteiger partial charge in [0.05, 0.1) is 10.7 Å². The number of halogens is 1. The van der Waals surface area contributed by atoms with Gasteiger partial charge in [-0.3, -0.25) is 0 Å². The van der Waals surface area contributed by atoms with Crippen LogP contribution in [0.3, 0.4) is 0 Å². The van der Waals surface area contributed by atoms with Crippen molar-refractivity contribution in [3.8, 4) is 0 Å². The van der Waals surface area contributed by atoms with Crippen molar-refractivity contribution in [2.75, 3.05) is 11.9 Å². The Morgan fingerprint density at radius 1 is 1.25 bits per heavy atom. The van der Waals surface area contributed by atoms with Crippen LogP contribution in [0.5, 0.6) is 0 Å². The molecule has 0 atom stereocenters. The molecule has 2 aliphatic rings. The molecule has 2 nitrogen and oxygen atoms in total. The minimum absolute atomic E-state index is 0.785. The van der Waals surface area contributed by atoms with E-state index in [4.69, 9.17) is 11.6 Å². The normalized spacial score (nSPS) is 17.2. The van der Waals surface area contributed by atoms with Gasteiger partial charge in [-0.1, -0.05) is 72.3 Å². The van der Waals surface area contributed by atoms with Gasteiger partial charge in [0.25, 0.3) is 5.01 Å². The summed E-state index contributed by atoms with van der Waals surface area (Å²) in [6.07, 6.45) is 15.2. The molecular weight excluding hydrogens is 452 g/mol. The van der Waals surface area contributed by atoms with Crippen molar-refractivity contribution in [2.45, 2.75) is 50.5 Å². The van der Waals surface area contributed by atoms with E-state index in [1.54, 1.807) is 0 Å². The number of benzene rings is 2. The topological polar surface area (TPSA) is 7.12 Å². The van der Waals surface area contributed by atoms with Gasteiger partial charge in [-0.05, 0) is 55.2 Å². The summed E-state index contributed by atoms with van der Waals surface area (Å²) in [5.41, 5.74) is 5.51. The van der Waals surface area contributed by atoms with E-state index in [-0.39, 0.29) is 0 Å². The van der Waals surface area contributed by atoms with E-state index < -0.39 is 0 Å². The number of fused-ring (bicyclic) bond motifs is 1. The number of rotatable bonds is 6. The van der Waals surface area contributed by atoms with Crippen molar-refractivity contribution in [1.82, 2.24) is 0 Å². The maximum absolute atomic E-state index is 6.21. The minimum atomic E-state index is 0.785. The fraction of sp³-hybridized carbons (Fsp3) is 0.296. The lowest BCUT2D eigenvalue weighted by atomic mass is 10.0. The number of allylic oxidation sites excluding steroid dienone is 4. The van der Waals surface area contributed by atoms with Crippen molar-refractivity contribution in [1.29, 1.82) is 0 Å². The van der Waals surface area contributed by atoms with E-state index in [0.29, 0.717) is 0 Å². The highest BCUT2D eigenvalue weighted by atomic mass is 35.5. The summed E-state index contributed by atoms with van der Waals surface area (Å²) >= 11 is 9.93. The van der Waals surface area contributed by atoms with Crippen molar-refractivity contribution in [3.63, 3.8) is 0 Å². The zero-order chi connectivity index (χ0) is 22.1. The maximum Gasteiger partial charge on any atom is 0.262 e. The van der Waals surface area contributed by atoms with Crippen molar-refractivity contribution in [2.24, 2.45) is 0 Å². The molecule has 2 aliphatic heterocycles. The summed E-state index contributed by atoms with van der Waals surface area (Å²) in [5.74, 6) is 0. The molecule has 0 radical (unpaired) electrons. The Morgan fingerprint density at radius 3 is 3.03 bits per heavy atom. The summed E-state index contributed by atoms with van der Waals surface area (Å²) in [4.78, 5) is 3.50. The second kappa shape index (κ2) is 9.46. The molecule has 0 saturated carbocycles. The van der Waals surface area contributed by atoms with Crippen LogP contribution in [0, 0.1) is 0 Å². The Kier molecular flexibility index (Phi) is 6.45. The van der Waals surface area contributed by atoms with Crippen molar-refractivity contribution in [3.05, 3.63) is 80.8 Å². The average molecular weight is 480 g/mol. The standard InChI is InChI=1S/C27H28ClN2S2/c1-3-4-7-19(11-15-25-29(2)22-18-21(28)13-14-23(22)31-25)12-16-26-30-17-6-9-20-8-5-10-24(32-26)27(20)30/h5,8,10-16,18H,3-4,6-7,9,17H2,1-2H3/q+1. The second-order valence-electron chi connectivity index (χ2n) is 8.42.